The van der Waals surface area contributed by atoms with E-state index in [0.717, 1.165) is 12.3 Å². The van der Waals surface area contributed by atoms with Gasteiger partial charge in [-0.15, -0.1) is 0 Å². The zero-order valence-electron chi connectivity index (χ0n) is 14.1. The van der Waals surface area contributed by atoms with Crippen LogP contribution >= 0.6 is 0 Å². The summed E-state index contributed by atoms with van der Waals surface area (Å²) in [6, 6.07) is 3.70. The molecule has 0 radical (unpaired) electrons. The Kier molecular flexibility index (Phi) is 5.01. The van der Waals surface area contributed by atoms with Gasteiger partial charge in [-0.25, -0.2) is 9.78 Å². The molecule has 0 bridgehead atoms. The number of alkyl halides is 3. The predicted molar refractivity (Wildman–Crippen MR) is 87.9 cm³/mol. The van der Waals surface area contributed by atoms with Crippen LogP contribution in [0.15, 0.2) is 28.9 Å². The van der Waals surface area contributed by atoms with Gasteiger partial charge in [-0.05, 0) is 25.5 Å². The van der Waals surface area contributed by atoms with Crippen molar-refractivity contribution in [2.45, 2.75) is 19.5 Å². The van der Waals surface area contributed by atoms with Crippen molar-refractivity contribution in [1.82, 2.24) is 15.0 Å². The zero-order chi connectivity index (χ0) is 18.7. The Morgan fingerprint density at radius 2 is 2.04 bits per heavy atom. The van der Waals surface area contributed by atoms with Gasteiger partial charge in [0.1, 0.15) is 11.6 Å². The monoisotopic (exact) mass is 369 g/mol. The van der Waals surface area contributed by atoms with Crippen molar-refractivity contribution < 1.29 is 22.5 Å². The molecule has 0 unspecified atom stereocenters. The third-order valence-electron chi connectivity index (χ3n) is 4.05. The third kappa shape index (κ3) is 4.24. The standard InChI is InChI=1S/C16H18F3N5O2/c1-11-9-13(22-26-11)21-15(25)24-6-2-5-23(7-8-24)14-4-3-12(10-20-14)16(17,18)19/h3-4,9-10H,2,5-8H2,1H3,(H,21,22,25). The first kappa shape index (κ1) is 18.0. The molecular formula is C16H18F3N5O2. The Morgan fingerprint density at radius 3 is 2.65 bits per heavy atom. The molecule has 1 fully saturated rings. The lowest BCUT2D eigenvalue weighted by Crippen LogP contribution is -2.38. The van der Waals surface area contributed by atoms with Gasteiger partial charge in [0, 0.05) is 38.4 Å². The lowest BCUT2D eigenvalue weighted by atomic mass is 10.2. The van der Waals surface area contributed by atoms with Crippen molar-refractivity contribution in [3.05, 3.63) is 35.7 Å². The number of nitrogens with zero attached hydrogens (tertiary/aromatic N) is 4. The molecule has 1 N–H and O–H groups in total. The van der Waals surface area contributed by atoms with Crippen LogP contribution in [0.25, 0.3) is 0 Å². The molecule has 0 atom stereocenters. The highest BCUT2D eigenvalue weighted by atomic mass is 19.4. The van der Waals surface area contributed by atoms with E-state index in [1.54, 1.807) is 17.9 Å². The van der Waals surface area contributed by atoms with Crippen molar-refractivity contribution in [1.29, 1.82) is 0 Å². The molecular weight excluding hydrogens is 351 g/mol. The molecule has 0 saturated carbocycles. The average molecular weight is 369 g/mol. The molecule has 3 rings (SSSR count). The molecule has 1 aliphatic heterocycles. The van der Waals surface area contributed by atoms with E-state index in [0.29, 0.717) is 50.0 Å². The van der Waals surface area contributed by atoms with Crippen molar-refractivity contribution in [2.75, 3.05) is 36.4 Å². The fourth-order valence-corrected chi connectivity index (χ4v) is 2.70. The molecule has 26 heavy (non-hydrogen) atoms. The number of hydrogen-bond acceptors (Lipinski definition) is 5. The summed E-state index contributed by atoms with van der Waals surface area (Å²) < 4.78 is 42.8. The van der Waals surface area contributed by atoms with Gasteiger partial charge in [0.05, 0.1) is 5.56 Å². The minimum atomic E-state index is -4.40. The van der Waals surface area contributed by atoms with Crippen LogP contribution in [0.4, 0.5) is 29.6 Å². The number of hydrogen-bond donors (Lipinski definition) is 1. The normalized spacial score (nSPS) is 15.7. The Hall–Kier alpha value is -2.78. The summed E-state index contributed by atoms with van der Waals surface area (Å²) in [5, 5.41) is 6.38. The SMILES string of the molecule is Cc1cc(NC(=O)N2CCCN(c3ccc(C(F)(F)F)cn3)CC2)no1. The highest BCUT2D eigenvalue weighted by Crippen LogP contribution is 2.29. The molecule has 1 saturated heterocycles. The van der Waals surface area contributed by atoms with Crippen LogP contribution < -0.4 is 10.2 Å². The largest absolute Gasteiger partial charge is 0.417 e. The molecule has 0 aliphatic carbocycles. The Labute approximate surface area is 147 Å². The van der Waals surface area contributed by atoms with Gasteiger partial charge in [0.15, 0.2) is 5.82 Å². The number of aromatic nitrogens is 2. The van der Waals surface area contributed by atoms with Crippen LogP contribution in [0.2, 0.25) is 0 Å². The van der Waals surface area contributed by atoms with E-state index >= 15 is 0 Å². The summed E-state index contributed by atoms with van der Waals surface area (Å²) in [4.78, 5) is 19.7. The minimum Gasteiger partial charge on any atom is -0.360 e. The third-order valence-corrected chi connectivity index (χ3v) is 4.05. The van der Waals surface area contributed by atoms with Crippen LogP contribution in [-0.2, 0) is 6.18 Å². The molecule has 3 heterocycles. The maximum atomic E-state index is 12.6. The molecule has 0 aromatic carbocycles. The molecule has 10 heteroatoms. The van der Waals surface area contributed by atoms with Gasteiger partial charge in [0.25, 0.3) is 0 Å². The van der Waals surface area contributed by atoms with Gasteiger partial charge in [0.2, 0.25) is 0 Å². The van der Waals surface area contributed by atoms with E-state index in [4.69, 9.17) is 4.52 Å². The van der Waals surface area contributed by atoms with Gasteiger partial charge in [-0.3, -0.25) is 5.32 Å². The minimum absolute atomic E-state index is 0.291. The number of carbonyl (C=O) groups is 1. The molecule has 2 aromatic heterocycles. The second-order valence-electron chi connectivity index (χ2n) is 5.98. The first-order chi connectivity index (χ1) is 12.3. The quantitative estimate of drug-likeness (QED) is 0.880. The summed E-state index contributed by atoms with van der Waals surface area (Å²) >= 11 is 0. The van der Waals surface area contributed by atoms with Gasteiger partial charge >= 0.3 is 12.2 Å². The van der Waals surface area contributed by atoms with Gasteiger partial charge < -0.3 is 14.3 Å². The summed E-state index contributed by atoms with van der Waals surface area (Å²) in [6.45, 7) is 3.75. The van der Waals surface area contributed by atoms with Crippen molar-refractivity contribution in [3.8, 4) is 0 Å². The van der Waals surface area contributed by atoms with E-state index in [2.05, 4.69) is 15.5 Å². The maximum absolute atomic E-state index is 12.6. The van der Waals surface area contributed by atoms with E-state index in [1.165, 1.54) is 6.07 Å². The lowest BCUT2D eigenvalue weighted by molar-refractivity contribution is -0.137. The van der Waals surface area contributed by atoms with E-state index < -0.39 is 11.7 Å². The van der Waals surface area contributed by atoms with Crippen LogP contribution in [0.1, 0.15) is 17.7 Å². The smallest absolute Gasteiger partial charge is 0.360 e. The Bertz CT molecular complexity index is 760. The second kappa shape index (κ2) is 7.22. The van der Waals surface area contributed by atoms with Crippen LogP contribution in [0.3, 0.4) is 0 Å². The average Bonchev–Trinajstić information content (AvgIpc) is 2.85. The molecule has 2 amide bonds. The highest BCUT2D eigenvalue weighted by molar-refractivity contribution is 5.88. The number of carbonyl (C=O) groups excluding carboxylic acids is 1. The number of urea groups is 1. The summed E-state index contributed by atoms with van der Waals surface area (Å²) in [6.07, 6.45) is -2.90. The Morgan fingerprint density at radius 1 is 1.23 bits per heavy atom. The van der Waals surface area contributed by atoms with Gasteiger partial charge in [-0.2, -0.15) is 13.2 Å². The first-order valence-electron chi connectivity index (χ1n) is 8.10. The fraction of sp³-hybridized carbons (Fsp3) is 0.438. The number of anilines is 2. The summed E-state index contributed by atoms with van der Waals surface area (Å²) in [5.41, 5.74) is -0.778. The number of rotatable bonds is 2. The molecule has 1 aliphatic rings. The number of halogens is 3. The fourth-order valence-electron chi connectivity index (χ4n) is 2.70. The first-order valence-corrected chi connectivity index (χ1v) is 8.10. The van der Waals surface area contributed by atoms with Crippen LogP contribution in [0.5, 0.6) is 0 Å². The number of pyridine rings is 1. The summed E-state index contributed by atoms with van der Waals surface area (Å²) in [5.74, 6) is 1.40. The topological polar surface area (TPSA) is 74.5 Å². The van der Waals surface area contributed by atoms with E-state index in [1.807, 2.05) is 4.90 Å². The maximum Gasteiger partial charge on any atom is 0.417 e. The van der Waals surface area contributed by atoms with Gasteiger partial charge in [-0.1, -0.05) is 5.16 Å². The van der Waals surface area contributed by atoms with E-state index in [-0.39, 0.29) is 6.03 Å². The van der Waals surface area contributed by atoms with Crippen molar-refractivity contribution in [3.63, 3.8) is 0 Å². The number of aryl methyl sites for hydroxylation is 1. The highest BCUT2D eigenvalue weighted by Gasteiger charge is 2.31. The Balaban J connectivity index is 1.60. The zero-order valence-corrected chi connectivity index (χ0v) is 14.1. The molecule has 2 aromatic rings. The molecule has 0 spiro atoms. The van der Waals surface area contributed by atoms with Crippen LogP contribution in [-0.4, -0.2) is 47.3 Å². The predicted octanol–water partition coefficient (Wildman–Crippen LogP) is 3.14. The number of amides is 2. The summed E-state index contributed by atoms with van der Waals surface area (Å²) in [7, 11) is 0. The molecule has 140 valence electrons. The molecule has 7 nitrogen and oxygen atoms in total. The second-order valence-corrected chi connectivity index (χ2v) is 5.98. The van der Waals surface area contributed by atoms with Crippen molar-refractivity contribution in [2.24, 2.45) is 0 Å². The number of nitrogens with one attached hydrogen (secondary N) is 1. The van der Waals surface area contributed by atoms with Crippen LogP contribution in [0, 0.1) is 6.92 Å². The van der Waals surface area contributed by atoms with E-state index in [9.17, 15) is 18.0 Å². The van der Waals surface area contributed by atoms with Crippen molar-refractivity contribution >= 4 is 17.7 Å². The lowest BCUT2D eigenvalue weighted by Gasteiger charge is -2.23.